The molecule has 1 heterocycles. The van der Waals surface area contributed by atoms with E-state index in [2.05, 4.69) is 15.5 Å². The Bertz CT molecular complexity index is 1070. The van der Waals surface area contributed by atoms with Gasteiger partial charge in [-0.3, -0.25) is 4.79 Å². The highest BCUT2D eigenvalue weighted by Gasteiger charge is 2.35. The number of carbonyl (C=O) groups is 1. The van der Waals surface area contributed by atoms with Gasteiger partial charge in [-0.05, 0) is 43.3 Å². The molecule has 1 aromatic heterocycles. The highest BCUT2D eigenvalue weighted by molar-refractivity contribution is 7.99. The SMILES string of the molecule is CC(NC(=O)c1ccccc1C(F)(F)F)c1nnc(SCCOc2ccc(Cl)cc2)n1C. The molecule has 6 nitrogen and oxygen atoms in total. The molecule has 1 N–H and O–H groups in total. The van der Waals surface area contributed by atoms with Crippen LogP contribution in [0, 0.1) is 0 Å². The van der Waals surface area contributed by atoms with E-state index >= 15 is 0 Å². The first-order valence-electron chi connectivity index (χ1n) is 9.54. The second-order valence-corrected chi connectivity index (χ2v) is 8.29. The lowest BCUT2D eigenvalue weighted by Gasteiger charge is -2.16. The Balaban J connectivity index is 1.58. The predicted octanol–water partition coefficient (Wildman–Crippen LogP) is 5.15. The lowest BCUT2D eigenvalue weighted by molar-refractivity contribution is -0.137. The summed E-state index contributed by atoms with van der Waals surface area (Å²) in [7, 11) is 1.73. The highest BCUT2D eigenvalue weighted by Crippen LogP contribution is 2.32. The van der Waals surface area contributed by atoms with E-state index in [9.17, 15) is 18.0 Å². The molecular formula is C21H20ClF3N4O2S. The zero-order chi connectivity index (χ0) is 23.3. The van der Waals surface area contributed by atoms with Crippen molar-refractivity contribution in [3.05, 3.63) is 70.5 Å². The molecule has 0 aliphatic rings. The lowest BCUT2D eigenvalue weighted by Crippen LogP contribution is -2.30. The number of ether oxygens (including phenoxy) is 1. The van der Waals surface area contributed by atoms with Crippen molar-refractivity contribution >= 4 is 29.3 Å². The number of benzene rings is 2. The van der Waals surface area contributed by atoms with Crippen molar-refractivity contribution in [2.45, 2.75) is 24.3 Å². The number of nitrogens with one attached hydrogen (secondary N) is 1. The number of nitrogens with zero attached hydrogens (tertiary/aromatic N) is 3. The second-order valence-electron chi connectivity index (χ2n) is 6.79. The molecule has 2 aromatic carbocycles. The van der Waals surface area contributed by atoms with E-state index in [0.717, 1.165) is 12.1 Å². The van der Waals surface area contributed by atoms with Gasteiger partial charge in [0.05, 0.1) is 23.8 Å². The number of alkyl halides is 3. The smallest absolute Gasteiger partial charge is 0.417 e. The minimum Gasteiger partial charge on any atom is -0.493 e. The number of rotatable bonds is 8. The van der Waals surface area contributed by atoms with Gasteiger partial charge in [-0.15, -0.1) is 10.2 Å². The molecule has 0 spiro atoms. The predicted molar refractivity (Wildman–Crippen MR) is 116 cm³/mol. The summed E-state index contributed by atoms with van der Waals surface area (Å²) in [5.41, 5.74) is -1.43. The zero-order valence-electron chi connectivity index (χ0n) is 17.2. The third-order valence-electron chi connectivity index (χ3n) is 4.48. The Morgan fingerprint density at radius 1 is 1.19 bits per heavy atom. The average Bonchev–Trinajstić information content (AvgIpc) is 3.12. The van der Waals surface area contributed by atoms with Crippen LogP contribution in [0.25, 0.3) is 0 Å². The van der Waals surface area contributed by atoms with E-state index < -0.39 is 29.3 Å². The van der Waals surface area contributed by atoms with Crippen molar-refractivity contribution in [1.29, 1.82) is 0 Å². The molecule has 0 aliphatic heterocycles. The first-order chi connectivity index (χ1) is 15.2. The third kappa shape index (κ3) is 5.95. The summed E-state index contributed by atoms with van der Waals surface area (Å²) in [5.74, 6) is 0.876. The first kappa shape index (κ1) is 23.9. The molecule has 0 saturated carbocycles. The van der Waals surface area contributed by atoms with Crippen molar-refractivity contribution in [3.8, 4) is 5.75 Å². The van der Waals surface area contributed by atoms with Crippen LogP contribution in [0.2, 0.25) is 5.02 Å². The molecule has 0 fully saturated rings. The van der Waals surface area contributed by atoms with Gasteiger partial charge in [0.2, 0.25) is 0 Å². The average molecular weight is 485 g/mol. The maximum absolute atomic E-state index is 13.2. The number of carbonyl (C=O) groups excluding carboxylic acids is 1. The van der Waals surface area contributed by atoms with Crippen LogP contribution in [0.1, 0.15) is 34.7 Å². The first-order valence-corrected chi connectivity index (χ1v) is 10.9. The summed E-state index contributed by atoms with van der Waals surface area (Å²) in [4.78, 5) is 12.5. The van der Waals surface area contributed by atoms with Crippen LogP contribution in [0.5, 0.6) is 5.75 Å². The summed E-state index contributed by atoms with van der Waals surface area (Å²) in [6.45, 7) is 2.06. The standard InChI is InChI=1S/C21H20ClF3N4O2S/c1-13(26-19(30)16-5-3-4-6-17(16)21(23,24)25)18-27-28-20(29(18)2)32-12-11-31-15-9-7-14(22)8-10-15/h3-10,13H,11-12H2,1-2H3,(H,26,30). The number of hydrogen-bond donors (Lipinski definition) is 1. The van der Waals surface area contributed by atoms with E-state index in [4.69, 9.17) is 16.3 Å². The molecule has 1 unspecified atom stereocenters. The van der Waals surface area contributed by atoms with Gasteiger partial charge in [0.1, 0.15) is 5.75 Å². The maximum Gasteiger partial charge on any atom is 0.417 e. The summed E-state index contributed by atoms with van der Waals surface area (Å²) in [6, 6.07) is 11.0. The second kappa shape index (κ2) is 10.3. The summed E-state index contributed by atoms with van der Waals surface area (Å²) in [5, 5.41) is 12.0. The van der Waals surface area contributed by atoms with Crippen molar-refractivity contribution in [2.75, 3.05) is 12.4 Å². The molecule has 0 saturated heterocycles. The molecule has 0 radical (unpaired) electrons. The van der Waals surface area contributed by atoms with Crippen LogP contribution < -0.4 is 10.1 Å². The van der Waals surface area contributed by atoms with Gasteiger partial charge in [0.25, 0.3) is 5.91 Å². The van der Waals surface area contributed by atoms with E-state index in [1.807, 2.05) is 0 Å². The van der Waals surface area contributed by atoms with Crippen LogP contribution in [0.4, 0.5) is 13.2 Å². The fraction of sp³-hybridized carbons (Fsp3) is 0.286. The number of halogens is 4. The van der Waals surface area contributed by atoms with Gasteiger partial charge < -0.3 is 14.6 Å². The van der Waals surface area contributed by atoms with E-state index in [0.29, 0.717) is 34.1 Å². The fourth-order valence-electron chi connectivity index (χ4n) is 2.92. The van der Waals surface area contributed by atoms with Gasteiger partial charge in [0, 0.05) is 17.8 Å². The number of aromatic nitrogens is 3. The summed E-state index contributed by atoms with van der Waals surface area (Å²) < 4.78 is 46.9. The van der Waals surface area contributed by atoms with Crippen LogP contribution in [0.15, 0.2) is 53.7 Å². The van der Waals surface area contributed by atoms with Crippen molar-refractivity contribution in [1.82, 2.24) is 20.1 Å². The molecule has 170 valence electrons. The van der Waals surface area contributed by atoms with Gasteiger partial charge in [-0.1, -0.05) is 35.5 Å². The van der Waals surface area contributed by atoms with Gasteiger partial charge in [-0.25, -0.2) is 0 Å². The molecule has 0 bridgehead atoms. The number of amides is 1. The molecule has 11 heteroatoms. The van der Waals surface area contributed by atoms with E-state index in [1.165, 1.54) is 23.9 Å². The minimum atomic E-state index is -4.63. The summed E-state index contributed by atoms with van der Waals surface area (Å²) >= 11 is 7.24. The van der Waals surface area contributed by atoms with Crippen LogP contribution >= 0.6 is 23.4 Å². The normalized spacial score (nSPS) is 12.4. The molecule has 32 heavy (non-hydrogen) atoms. The summed E-state index contributed by atoms with van der Waals surface area (Å²) in [6.07, 6.45) is -4.63. The van der Waals surface area contributed by atoms with E-state index in [-0.39, 0.29) is 0 Å². The van der Waals surface area contributed by atoms with Crippen LogP contribution in [-0.2, 0) is 13.2 Å². The number of hydrogen-bond acceptors (Lipinski definition) is 5. The zero-order valence-corrected chi connectivity index (χ0v) is 18.8. The van der Waals surface area contributed by atoms with Crippen molar-refractivity contribution < 1.29 is 22.7 Å². The largest absolute Gasteiger partial charge is 0.493 e. The Morgan fingerprint density at radius 3 is 2.56 bits per heavy atom. The topological polar surface area (TPSA) is 69.0 Å². The quantitative estimate of drug-likeness (QED) is 0.354. The fourth-order valence-corrected chi connectivity index (χ4v) is 3.78. The molecule has 3 aromatic rings. The number of thioether (sulfide) groups is 1. The highest BCUT2D eigenvalue weighted by atomic mass is 35.5. The molecule has 1 atom stereocenters. The van der Waals surface area contributed by atoms with E-state index in [1.54, 1.807) is 42.8 Å². The molecule has 3 rings (SSSR count). The lowest BCUT2D eigenvalue weighted by atomic mass is 10.1. The Kier molecular flexibility index (Phi) is 7.68. The van der Waals surface area contributed by atoms with Gasteiger partial charge >= 0.3 is 6.18 Å². The van der Waals surface area contributed by atoms with Crippen LogP contribution in [-0.4, -0.2) is 33.0 Å². The molecule has 1 amide bonds. The minimum absolute atomic E-state index is 0.420. The van der Waals surface area contributed by atoms with Crippen molar-refractivity contribution in [3.63, 3.8) is 0 Å². The van der Waals surface area contributed by atoms with Crippen molar-refractivity contribution in [2.24, 2.45) is 7.05 Å². The monoisotopic (exact) mass is 484 g/mol. The third-order valence-corrected chi connectivity index (χ3v) is 5.71. The van der Waals surface area contributed by atoms with Crippen LogP contribution in [0.3, 0.4) is 0 Å². The Morgan fingerprint density at radius 2 is 1.88 bits per heavy atom. The van der Waals surface area contributed by atoms with Gasteiger partial charge in [-0.2, -0.15) is 13.2 Å². The Labute approximate surface area is 192 Å². The Hall–Kier alpha value is -2.72. The molecule has 0 aliphatic carbocycles. The van der Waals surface area contributed by atoms with Gasteiger partial charge in [0.15, 0.2) is 11.0 Å². The maximum atomic E-state index is 13.2. The molecular weight excluding hydrogens is 465 g/mol.